The van der Waals surface area contributed by atoms with E-state index in [9.17, 15) is 4.79 Å². The van der Waals surface area contributed by atoms with Gasteiger partial charge in [-0.15, -0.1) is 0 Å². The molecule has 6 rings (SSSR count). The zero-order valence-electron chi connectivity index (χ0n) is 18.2. The van der Waals surface area contributed by atoms with Crippen LogP contribution in [0.25, 0.3) is 0 Å². The van der Waals surface area contributed by atoms with Crippen molar-refractivity contribution in [1.82, 2.24) is 4.90 Å². The third-order valence-electron chi connectivity index (χ3n) is 8.27. The molecular weight excluding hydrogens is 390 g/mol. The van der Waals surface area contributed by atoms with E-state index >= 15 is 0 Å². The molecule has 0 radical (unpaired) electrons. The molecule has 2 heterocycles. The number of hydrogen-bond donors (Lipinski definition) is 0. The molecule has 1 saturated heterocycles. The van der Waals surface area contributed by atoms with Crippen molar-refractivity contribution in [2.75, 3.05) is 27.3 Å². The van der Waals surface area contributed by atoms with Gasteiger partial charge in [0.1, 0.15) is 5.75 Å². The summed E-state index contributed by atoms with van der Waals surface area (Å²) in [4.78, 5) is 15.7. The molecule has 2 fully saturated rings. The third kappa shape index (κ3) is 2.56. The van der Waals surface area contributed by atoms with Crippen LogP contribution in [-0.4, -0.2) is 50.1 Å². The monoisotopic (exact) mass is 419 g/mol. The second kappa shape index (κ2) is 6.99. The Balaban J connectivity index is 1.43. The number of nitrogens with zero attached hydrogens (tertiary/aromatic N) is 1. The molecule has 4 aliphatic rings. The molecule has 1 saturated carbocycles. The standard InChI is InChI=1S/C26H29NO4/c1-29-21-15-22(30-2)24-23-17(21)14-19-18-8-9-20(28)25(31-24)26(18,23)11-13-27(19)12-10-16-6-4-3-5-7-16/h3-7,15,18-19,25H,8-14H2,1-2H3/t18-,19+,25?,26-/m0/s1. The second-order valence-corrected chi connectivity index (χ2v) is 9.41. The SMILES string of the molecule is COc1cc(OC)c2c3c1C[C@@H]1[C@@H]4CCC(=O)C(O2)[C@]34CCN1CCc1ccccc1. The lowest BCUT2D eigenvalue weighted by Gasteiger charge is -2.57. The van der Waals surface area contributed by atoms with Crippen molar-refractivity contribution < 1.29 is 19.0 Å². The predicted molar refractivity (Wildman–Crippen MR) is 117 cm³/mol. The zero-order valence-corrected chi connectivity index (χ0v) is 18.2. The number of rotatable bonds is 5. The summed E-state index contributed by atoms with van der Waals surface area (Å²) in [5.74, 6) is 3.03. The molecule has 0 N–H and O–H groups in total. The number of ketones is 1. The first kappa shape index (κ1) is 19.2. The molecule has 5 nitrogen and oxygen atoms in total. The molecule has 2 aliphatic heterocycles. The Bertz CT molecular complexity index is 1040. The van der Waals surface area contributed by atoms with E-state index in [1.165, 1.54) is 16.7 Å². The quantitative estimate of drug-likeness (QED) is 0.742. The van der Waals surface area contributed by atoms with Crippen molar-refractivity contribution in [1.29, 1.82) is 0 Å². The number of benzene rings is 2. The third-order valence-corrected chi connectivity index (χ3v) is 8.27. The molecule has 2 aromatic carbocycles. The number of carbonyl (C=O) groups is 1. The molecule has 4 atom stereocenters. The van der Waals surface area contributed by atoms with E-state index in [0.717, 1.165) is 50.3 Å². The van der Waals surface area contributed by atoms with E-state index in [1.807, 2.05) is 6.07 Å². The molecule has 2 aromatic rings. The Kier molecular flexibility index (Phi) is 4.32. The van der Waals surface area contributed by atoms with Gasteiger partial charge in [-0.2, -0.15) is 0 Å². The minimum absolute atomic E-state index is 0.228. The molecule has 31 heavy (non-hydrogen) atoms. The fourth-order valence-corrected chi connectivity index (χ4v) is 6.98. The van der Waals surface area contributed by atoms with Crippen LogP contribution in [0.5, 0.6) is 17.2 Å². The number of hydrogen-bond acceptors (Lipinski definition) is 5. The highest BCUT2D eigenvalue weighted by molar-refractivity contribution is 5.89. The Morgan fingerprint density at radius 3 is 2.74 bits per heavy atom. The number of carbonyl (C=O) groups excluding carboxylic acids is 1. The fourth-order valence-electron chi connectivity index (χ4n) is 6.98. The van der Waals surface area contributed by atoms with E-state index in [4.69, 9.17) is 14.2 Å². The smallest absolute Gasteiger partial charge is 0.174 e. The van der Waals surface area contributed by atoms with E-state index in [2.05, 4.69) is 35.2 Å². The van der Waals surface area contributed by atoms with Gasteiger partial charge in [0, 0.05) is 41.6 Å². The maximum atomic E-state index is 13.1. The van der Waals surface area contributed by atoms with Crippen LogP contribution in [0.1, 0.15) is 36.0 Å². The molecule has 1 spiro atoms. The molecule has 2 bridgehead atoms. The highest BCUT2D eigenvalue weighted by atomic mass is 16.5. The van der Waals surface area contributed by atoms with Crippen LogP contribution in [0.4, 0.5) is 0 Å². The van der Waals surface area contributed by atoms with Gasteiger partial charge in [0.25, 0.3) is 0 Å². The van der Waals surface area contributed by atoms with Crippen molar-refractivity contribution in [2.45, 2.75) is 49.7 Å². The Morgan fingerprint density at radius 1 is 1.16 bits per heavy atom. The van der Waals surface area contributed by atoms with Crippen LogP contribution in [0.3, 0.4) is 0 Å². The first-order chi connectivity index (χ1) is 15.2. The van der Waals surface area contributed by atoms with E-state index in [1.54, 1.807) is 14.2 Å². The number of piperidine rings is 1. The van der Waals surface area contributed by atoms with Crippen molar-refractivity contribution in [3.05, 3.63) is 53.1 Å². The van der Waals surface area contributed by atoms with Crippen molar-refractivity contribution in [2.24, 2.45) is 5.92 Å². The van der Waals surface area contributed by atoms with Gasteiger partial charge in [0.2, 0.25) is 0 Å². The van der Waals surface area contributed by atoms with E-state index < -0.39 is 0 Å². The summed E-state index contributed by atoms with van der Waals surface area (Å²) in [7, 11) is 3.39. The van der Waals surface area contributed by atoms with Crippen LogP contribution >= 0.6 is 0 Å². The molecule has 0 aromatic heterocycles. The van der Waals surface area contributed by atoms with Crippen LogP contribution in [0, 0.1) is 5.92 Å². The molecule has 2 aliphatic carbocycles. The predicted octanol–water partition coefficient (Wildman–Crippen LogP) is 3.55. The summed E-state index contributed by atoms with van der Waals surface area (Å²) in [6.07, 6.45) is 4.14. The van der Waals surface area contributed by atoms with Gasteiger partial charge in [0.05, 0.1) is 14.2 Å². The summed E-state index contributed by atoms with van der Waals surface area (Å²) in [6.45, 7) is 2.04. The summed E-state index contributed by atoms with van der Waals surface area (Å²) in [5.41, 5.74) is 3.59. The van der Waals surface area contributed by atoms with Crippen LogP contribution < -0.4 is 14.2 Å². The van der Waals surface area contributed by atoms with E-state index in [-0.39, 0.29) is 17.3 Å². The Labute approximate surface area is 183 Å². The molecule has 5 heteroatoms. The highest BCUT2D eigenvalue weighted by Crippen LogP contribution is 2.64. The number of ether oxygens (including phenoxy) is 3. The first-order valence-electron chi connectivity index (χ1n) is 11.4. The fraction of sp³-hybridized carbons (Fsp3) is 0.500. The van der Waals surface area contributed by atoms with Crippen molar-refractivity contribution in [3.63, 3.8) is 0 Å². The molecule has 0 amide bonds. The maximum absolute atomic E-state index is 13.1. The van der Waals surface area contributed by atoms with Crippen molar-refractivity contribution >= 4 is 5.78 Å². The van der Waals surface area contributed by atoms with Crippen LogP contribution in [0.2, 0.25) is 0 Å². The largest absolute Gasteiger partial charge is 0.496 e. The average Bonchev–Trinajstić information content (AvgIpc) is 3.15. The number of Topliss-reactive ketones (excluding diaryl/α,β-unsaturated/α-hetero) is 1. The van der Waals surface area contributed by atoms with Crippen molar-refractivity contribution in [3.8, 4) is 17.2 Å². The minimum Gasteiger partial charge on any atom is -0.496 e. The maximum Gasteiger partial charge on any atom is 0.174 e. The normalized spacial score (nSPS) is 30.5. The summed E-state index contributed by atoms with van der Waals surface area (Å²) in [5, 5.41) is 0. The number of methoxy groups -OCH3 is 2. The summed E-state index contributed by atoms with van der Waals surface area (Å²) >= 11 is 0. The highest BCUT2D eigenvalue weighted by Gasteiger charge is 2.66. The van der Waals surface area contributed by atoms with Gasteiger partial charge < -0.3 is 14.2 Å². The summed E-state index contributed by atoms with van der Waals surface area (Å²) in [6, 6.07) is 13.1. The lowest BCUT2D eigenvalue weighted by Crippen LogP contribution is -2.66. The zero-order chi connectivity index (χ0) is 21.2. The van der Waals surface area contributed by atoms with Gasteiger partial charge >= 0.3 is 0 Å². The molecule has 1 unspecified atom stereocenters. The topological polar surface area (TPSA) is 48.0 Å². The van der Waals surface area contributed by atoms with E-state index in [0.29, 0.717) is 24.1 Å². The van der Waals surface area contributed by atoms with Crippen LogP contribution in [-0.2, 0) is 23.1 Å². The molecule has 162 valence electrons. The Morgan fingerprint density at radius 2 is 1.97 bits per heavy atom. The lowest BCUT2D eigenvalue weighted by atomic mass is 9.51. The van der Waals surface area contributed by atoms with Gasteiger partial charge in [-0.05, 0) is 43.7 Å². The molecular formula is C26H29NO4. The average molecular weight is 420 g/mol. The van der Waals surface area contributed by atoms with Gasteiger partial charge in [-0.25, -0.2) is 0 Å². The Hall–Kier alpha value is -2.53. The summed E-state index contributed by atoms with van der Waals surface area (Å²) < 4.78 is 17.9. The lowest BCUT2D eigenvalue weighted by molar-refractivity contribution is -0.138. The van der Waals surface area contributed by atoms with Gasteiger partial charge in [-0.1, -0.05) is 30.3 Å². The van der Waals surface area contributed by atoms with Gasteiger partial charge in [0.15, 0.2) is 23.4 Å². The van der Waals surface area contributed by atoms with Gasteiger partial charge in [-0.3, -0.25) is 9.69 Å². The minimum atomic E-state index is -0.375. The number of likely N-dealkylation sites (tertiary alicyclic amines) is 1. The van der Waals surface area contributed by atoms with Crippen LogP contribution in [0.15, 0.2) is 36.4 Å². The first-order valence-corrected chi connectivity index (χ1v) is 11.4. The second-order valence-electron chi connectivity index (χ2n) is 9.41.